The molecular weight excluding hydrogens is 376 g/mol. The van der Waals surface area contributed by atoms with E-state index in [2.05, 4.69) is 10.6 Å². The highest BCUT2D eigenvalue weighted by Gasteiger charge is 2.13. The first-order valence-electron chi connectivity index (χ1n) is 8.57. The van der Waals surface area contributed by atoms with Gasteiger partial charge in [0, 0.05) is 44.4 Å². The van der Waals surface area contributed by atoms with Gasteiger partial charge in [0.05, 0.1) is 4.92 Å². The SMILES string of the molecule is CC(=O)NC(=Cc1cccc([N+](=O)[O-])c1)C(=O)Nc1ccc(N(C)C(C)=O)cc1. The average molecular weight is 396 g/mol. The molecule has 2 aromatic rings. The van der Waals surface area contributed by atoms with Crippen LogP contribution in [0.3, 0.4) is 0 Å². The molecular formula is C20H20N4O5. The lowest BCUT2D eigenvalue weighted by Crippen LogP contribution is -2.29. The normalized spacial score (nSPS) is 10.8. The van der Waals surface area contributed by atoms with Crippen LogP contribution in [0.5, 0.6) is 0 Å². The largest absolute Gasteiger partial charge is 0.322 e. The molecule has 0 radical (unpaired) electrons. The lowest BCUT2D eigenvalue weighted by molar-refractivity contribution is -0.384. The number of hydrogen-bond donors (Lipinski definition) is 2. The van der Waals surface area contributed by atoms with Crippen LogP contribution in [0.25, 0.3) is 6.08 Å². The van der Waals surface area contributed by atoms with Gasteiger partial charge in [0.2, 0.25) is 11.8 Å². The Bertz CT molecular complexity index is 983. The summed E-state index contributed by atoms with van der Waals surface area (Å²) in [6, 6.07) is 12.2. The lowest BCUT2D eigenvalue weighted by Gasteiger charge is -2.15. The Morgan fingerprint density at radius 3 is 2.28 bits per heavy atom. The van der Waals surface area contributed by atoms with Crippen molar-refractivity contribution in [3.05, 3.63) is 69.9 Å². The molecule has 0 aliphatic rings. The fraction of sp³-hybridized carbons (Fsp3) is 0.150. The second-order valence-electron chi connectivity index (χ2n) is 6.17. The summed E-state index contributed by atoms with van der Waals surface area (Å²) < 4.78 is 0. The Balaban J connectivity index is 2.25. The number of rotatable bonds is 6. The van der Waals surface area contributed by atoms with Crippen molar-refractivity contribution in [3.63, 3.8) is 0 Å². The standard InChI is InChI=1S/C20H20N4O5/c1-13(25)21-19(12-15-5-4-6-18(11-15)24(28)29)20(27)22-16-7-9-17(10-8-16)23(3)14(2)26/h4-12H,1-3H3,(H,21,25)(H,22,27). The van der Waals surface area contributed by atoms with Crippen LogP contribution in [0.1, 0.15) is 19.4 Å². The van der Waals surface area contributed by atoms with E-state index in [-0.39, 0.29) is 17.3 Å². The number of benzene rings is 2. The van der Waals surface area contributed by atoms with E-state index in [9.17, 15) is 24.5 Å². The van der Waals surface area contributed by atoms with Gasteiger partial charge in [-0.15, -0.1) is 0 Å². The van der Waals surface area contributed by atoms with E-state index in [4.69, 9.17) is 0 Å². The van der Waals surface area contributed by atoms with Crippen LogP contribution in [-0.4, -0.2) is 29.7 Å². The number of non-ortho nitro benzene ring substituents is 1. The molecule has 0 aliphatic heterocycles. The number of carbonyl (C=O) groups excluding carboxylic acids is 3. The van der Waals surface area contributed by atoms with E-state index >= 15 is 0 Å². The molecule has 0 bridgehead atoms. The zero-order valence-corrected chi connectivity index (χ0v) is 16.1. The summed E-state index contributed by atoms with van der Waals surface area (Å²) >= 11 is 0. The van der Waals surface area contributed by atoms with Crippen molar-refractivity contribution in [2.24, 2.45) is 0 Å². The molecule has 0 heterocycles. The lowest BCUT2D eigenvalue weighted by atomic mass is 10.1. The first kappa shape index (κ1) is 21.3. The van der Waals surface area contributed by atoms with Crippen LogP contribution >= 0.6 is 0 Å². The molecule has 0 unspecified atom stereocenters. The van der Waals surface area contributed by atoms with E-state index in [1.807, 2.05) is 0 Å². The van der Waals surface area contributed by atoms with Gasteiger partial charge in [-0.2, -0.15) is 0 Å². The molecule has 3 amide bonds. The van der Waals surface area contributed by atoms with Crippen molar-refractivity contribution in [2.45, 2.75) is 13.8 Å². The molecule has 0 atom stereocenters. The van der Waals surface area contributed by atoms with Crippen molar-refractivity contribution in [1.29, 1.82) is 0 Å². The molecule has 0 spiro atoms. The Hall–Kier alpha value is -4.01. The molecule has 150 valence electrons. The third-order valence-corrected chi connectivity index (χ3v) is 3.93. The van der Waals surface area contributed by atoms with Crippen LogP contribution in [0, 0.1) is 10.1 Å². The molecule has 0 aromatic heterocycles. The predicted octanol–water partition coefficient (Wildman–Crippen LogP) is 2.69. The minimum Gasteiger partial charge on any atom is -0.322 e. The van der Waals surface area contributed by atoms with Crippen molar-refractivity contribution < 1.29 is 19.3 Å². The zero-order chi connectivity index (χ0) is 21.6. The van der Waals surface area contributed by atoms with Gasteiger partial charge < -0.3 is 15.5 Å². The van der Waals surface area contributed by atoms with Gasteiger partial charge in [0.25, 0.3) is 11.6 Å². The topological polar surface area (TPSA) is 122 Å². The van der Waals surface area contributed by atoms with Crippen LogP contribution in [-0.2, 0) is 14.4 Å². The monoisotopic (exact) mass is 396 g/mol. The van der Waals surface area contributed by atoms with Crippen LogP contribution in [0.2, 0.25) is 0 Å². The maximum absolute atomic E-state index is 12.6. The highest BCUT2D eigenvalue weighted by Crippen LogP contribution is 2.19. The van der Waals surface area contributed by atoms with E-state index < -0.39 is 16.7 Å². The van der Waals surface area contributed by atoms with E-state index in [0.29, 0.717) is 16.9 Å². The maximum Gasteiger partial charge on any atom is 0.272 e. The molecule has 0 aliphatic carbocycles. The van der Waals surface area contributed by atoms with Gasteiger partial charge in [-0.3, -0.25) is 24.5 Å². The average Bonchev–Trinajstić information content (AvgIpc) is 2.67. The molecule has 2 rings (SSSR count). The van der Waals surface area contributed by atoms with Crippen molar-refractivity contribution in [3.8, 4) is 0 Å². The number of hydrogen-bond acceptors (Lipinski definition) is 5. The quantitative estimate of drug-likeness (QED) is 0.442. The van der Waals surface area contributed by atoms with Crippen LogP contribution in [0.15, 0.2) is 54.2 Å². The molecule has 0 saturated heterocycles. The minimum atomic E-state index is -0.598. The highest BCUT2D eigenvalue weighted by atomic mass is 16.6. The minimum absolute atomic E-state index is 0.0667. The summed E-state index contributed by atoms with van der Waals surface area (Å²) in [5.41, 5.74) is 1.29. The summed E-state index contributed by atoms with van der Waals surface area (Å²) in [4.78, 5) is 47.3. The molecule has 9 heteroatoms. The fourth-order valence-corrected chi connectivity index (χ4v) is 2.39. The summed E-state index contributed by atoms with van der Waals surface area (Å²) in [7, 11) is 1.63. The number of nitrogens with one attached hydrogen (secondary N) is 2. The summed E-state index contributed by atoms with van der Waals surface area (Å²) in [5.74, 6) is -1.19. The molecule has 29 heavy (non-hydrogen) atoms. The van der Waals surface area contributed by atoms with Gasteiger partial charge >= 0.3 is 0 Å². The third kappa shape index (κ3) is 5.99. The van der Waals surface area contributed by atoms with Gasteiger partial charge in [-0.05, 0) is 35.9 Å². The first-order valence-corrected chi connectivity index (χ1v) is 8.57. The van der Waals surface area contributed by atoms with Crippen molar-refractivity contribution >= 4 is 40.9 Å². The third-order valence-electron chi connectivity index (χ3n) is 3.93. The highest BCUT2D eigenvalue weighted by molar-refractivity contribution is 6.08. The number of nitro groups is 1. The Kier molecular flexibility index (Phi) is 6.80. The summed E-state index contributed by atoms with van der Waals surface area (Å²) in [6.07, 6.45) is 1.35. The second kappa shape index (κ2) is 9.27. The molecule has 0 fully saturated rings. The van der Waals surface area contributed by atoms with Gasteiger partial charge in [0.1, 0.15) is 5.70 Å². The number of nitrogens with zero attached hydrogens (tertiary/aromatic N) is 2. The Morgan fingerprint density at radius 1 is 1.07 bits per heavy atom. The van der Waals surface area contributed by atoms with Gasteiger partial charge in [0.15, 0.2) is 0 Å². The Labute approximate surface area is 167 Å². The Morgan fingerprint density at radius 2 is 1.72 bits per heavy atom. The smallest absolute Gasteiger partial charge is 0.272 e. The number of anilines is 2. The van der Waals surface area contributed by atoms with Gasteiger partial charge in [-0.1, -0.05) is 12.1 Å². The molecule has 0 saturated carbocycles. The van der Waals surface area contributed by atoms with Gasteiger partial charge in [-0.25, -0.2) is 0 Å². The first-order chi connectivity index (χ1) is 13.7. The maximum atomic E-state index is 12.6. The van der Waals surface area contributed by atoms with Crippen molar-refractivity contribution in [2.75, 3.05) is 17.3 Å². The van der Waals surface area contributed by atoms with Crippen molar-refractivity contribution in [1.82, 2.24) is 5.32 Å². The number of amides is 3. The van der Waals surface area contributed by atoms with Crippen LogP contribution in [0.4, 0.5) is 17.1 Å². The number of carbonyl (C=O) groups is 3. The molecule has 9 nitrogen and oxygen atoms in total. The second-order valence-corrected chi connectivity index (χ2v) is 6.17. The van der Waals surface area contributed by atoms with E-state index in [1.165, 1.54) is 43.0 Å². The number of nitro benzene ring substituents is 1. The van der Waals surface area contributed by atoms with Crippen LogP contribution < -0.4 is 15.5 Å². The fourth-order valence-electron chi connectivity index (χ4n) is 2.39. The molecule has 2 N–H and O–H groups in total. The summed E-state index contributed by atoms with van der Waals surface area (Å²) in [5, 5.41) is 16.0. The summed E-state index contributed by atoms with van der Waals surface area (Å²) in [6.45, 7) is 2.69. The molecule has 2 aromatic carbocycles. The van der Waals surface area contributed by atoms with E-state index in [0.717, 1.165) is 0 Å². The predicted molar refractivity (Wildman–Crippen MR) is 109 cm³/mol. The van der Waals surface area contributed by atoms with E-state index in [1.54, 1.807) is 37.4 Å². The zero-order valence-electron chi connectivity index (χ0n) is 16.1.